The number of hydrogen-bond acceptors (Lipinski definition) is 3. The topological polar surface area (TPSA) is 61.7 Å². The third-order valence-electron chi connectivity index (χ3n) is 2.62. The lowest BCUT2D eigenvalue weighted by Gasteiger charge is -2.03. The molecule has 0 atom stereocenters. The van der Waals surface area contributed by atoms with Crippen molar-refractivity contribution in [2.75, 3.05) is 6.54 Å². The van der Waals surface area contributed by atoms with E-state index in [2.05, 4.69) is 23.9 Å². The van der Waals surface area contributed by atoms with Gasteiger partial charge in [-0.15, -0.1) is 0 Å². The van der Waals surface area contributed by atoms with E-state index in [-0.39, 0.29) is 0 Å². The van der Waals surface area contributed by atoms with Gasteiger partial charge in [-0.1, -0.05) is 0 Å². The summed E-state index contributed by atoms with van der Waals surface area (Å²) in [5.74, 6) is 0. The van der Waals surface area contributed by atoms with Crippen molar-refractivity contribution in [2.45, 2.75) is 32.9 Å². The number of imidazole rings is 1. The molecule has 0 unspecified atom stereocenters. The van der Waals surface area contributed by atoms with Gasteiger partial charge in [0.05, 0.1) is 24.3 Å². The first-order chi connectivity index (χ1) is 8.19. The Bertz CT molecular complexity index is 469. The molecule has 0 fully saturated rings. The van der Waals surface area contributed by atoms with E-state index in [9.17, 15) is 0 Å². The average molecular weight is 233 g/mol. The second-order valence-electron chi connectivity index (χ2n) is 4.46. The first kappa shape index (κ1) is 11.9. The summed E-state index contributed by atoms with van der Waals surface area (Å²) in [6.07, 6.45) is 6.70. The van der Waals surface area contributed by atoms with Crippen molar-refractivity contribution in [1.29, 1.82) is 0 Å². The zero-order valence-corrected chi connectivity index (χ0v) is 10.4. The molecule has 0 aliphatic rings. The molecule has 92 valence electrons. The maximum atomic E-state index is 5.49. The second-order valence-corrected chi connectivity index (χ2v) is 4.46. The molecule has 5 nitrogen and oxygen atoms in total. The van der Waals surface area contributed by atoms with E-state index in [4.69, 9.17) is 5.73 Å². The van der Waals surface area contributed by atoms with Crippen molar-refractivity contribution in [3.05, 3.63) is 36.2 Å². The predicted octanol–water partition coefficient (Wildman–Crippen LogP) is 1.21. The zero-order valence-electron chi connectivity index (χ0n) is 10.4. The lowest BCUT2D eigenvalue weighted by atomic mass is 10.3. The number of aromatic nitrogens is 4. The minimum absolute atomic E-state index is 0.402. The van der Waals surface area contributed by atoms with Gasteiger partial charge in [0.15, 0.2) is 0 Å². The van der Waals surface area contributed by atoms with E-state index in [1.807, 2.05) is 34.0 Å². The molecule has 2 N–H and O–H groups in total. The second kappa shape index (κ2) is 5.14. The van der Waals surface area contributed by atoms with Gasteiger partial charge in [-0.25, -0.2) is 4.98 Å². The van der Waals surface area contributed by atoms with Crippen molar-refractivity contribution in [3.8, 4) is 0 Å². The smallest absolute Gasteiger partial charge is 0.0953 e. The molecule has 0 amide bonds. The van der Waals surface area contributed by atoms with E-state index in [0.29, 0.717) is 12.6 Å². The van der Waals surface area contributed by atoms with E-state index in [1.54, 1.807) is 0 Å². The molecule has 0 aromatic carbocycles. The molecular weight excluding hydrogens is 214 g/mol. The van der Waals surface area contributed by atoms with Crippen LogP contribution in [0, 0.1) is 0 Å². The molecule has 2 aromatic rings. The number of hydrogen-bond donors (Lipinski definition) is 1. The van der Waals surface area contributed by atoms with Gasteiger partial charge in [0.25, 0.3) is 0 Å². The fourth-order valence-electron chi connectivity index (χ4n) is 1.71. The van der Waals surface area contributed by atoms with Gasteiger partial charge < -0.3 is 10.3 Å². The molecule has 0 bridgehead atoms. The Kier molecular flexibility index (Phi) is 3.58. The molecule has 0 saturated heterocycles. The van der Waals surface area contributed by atoms with E-state index in [1.165, 1.54) is 0 Å². The van der Waals surface area contributed by atoms with E-state index < -0.39 is 0 Å². The summed E-state index contributed by atoms with van der Waals surface area (Å²) in [6, 6.07) is 2.45. The SMILES string of the molecule is CC(C)n1ccc(Cn2cnc(CCN)c2)n1. The first-order valence-corrected chi connectivity index (χ1v) is 5.94. The van der Waals surface area contributed by atoms with Crippen molar-refractivity contribution < 1.29 is 0 Å². The molecule has 2 aromatic heterocycles. The molecule has 0 aliphatic carbocycles. The van der Waals surface area contributed by atoms with Crippen LogP contribution in [0.2, 0.25) is 0 Å². The molecule has 0 radical (unpaired) electrons. The third kappa shape index (κ3) is 2.94. The highest BCUT2D eigenvalue weighted by Crippen LogP contribution is 2.06. The van der Waals surface area contributed by atoms with Crippen molar-refractivity contribution in [1.82, 2.24) is 19.3 Å². The Labute approximate surface area is 101 Å². The fraction of sp³-hybridized carbons (Fsp3) is 0.500. The van der Waals surface area contributed by atoms with Crippen LogP contribution < -0.4 is 5.73 Å². The maximum absolute atomic E-state index is 5.49. The van der Waals surface area contributed by atoms with E-state index in [0.717, 1.165) is 24.4 Å². The van der Waals surface area contributed by atoms with Gasteiger partial charge >= 0.3 is 0 Å². The van der Waals surface area contributed by atoms with Crippen molar-refractivity contribution in [3.63, 3.8) is 0 Å². The van der Waals surface area contributed by atoms with Crippen LogP contribution >= 0.6 is 0 Å². The number of rotatable bonds is 5. The van der Waals surface area contributed by atoms with Crippen LogP contribution in [-0.4, -0.2) is 25.9 Å². The predicted molar refractivity (Wildman–Crippen MR) is 66.7 cm³/mol. The Morgan fingerprint density at radius 2 is 2.18 bits per heavy atom. The van der Waals surface area contributed by atoms with Crippen LogP contribution in [0.5, 0.6) is 0 Å². The minimum atomic E-state index is 0.402. The Morgan fingerprint density at radius 1 is 1.35 bits per heavy atom. The summed E-state index contributed by atoms with van der Waals surface area (Å²) in [4.78, 5) is 4.29. The highest BCUT2D eigenvalue weighted by atomic mass is 15.3. The number of nitrogens with zero attached hydrogens (tertiary/aromatic N) is 4. The van der Waals surface area contributed by atoms with Crippen molar-refractivity contribution in [2.24, 2.45) is 5.73 Å². The van der Waals surface area contributed by atoms with Crippen LogP contribution in [0.15, 0.2) is 24.8 Å². The minimum Gasteiger partial charge on any atom is -0.331 e. The molecule has 2 heterocycles. The summed E-state index contributed by atoms with van der Waals surface area (Å²) in [5.41, 5.74) is 7.58. The maximum Gasteiger partial charge on any atom is 0.0953 e. The van der Waals surface area contributed by atoms with E-state index >= 15 is 0 Å². The van der Waals surface area contributed by atoms with Gasteiger partial charge in [0, 0.05) is 24.9 Å². The molecule has 0 aliphatic heterocycles. The van der Waals surface area contributed by atoms with Gasteiger partial charge in [-0.3, -0.25) is 4.68 Å². The van der Waals surface area contributed by atoms with Gasteiger partial charge in [0.2, 0.25) is 0 Å². The average Bonchev–Trinajstić information content (AvgIpc) is 2.89. The number of nitrogens with two attached hydrogens (primary N) is 1. The largest absolute Gasteiger partial charge is 0.331 e. The molecular formula is C12H19N5. The van der Waals surface area contributed by atoms with Gasteiger partial charge in [-0.05, 0) is 26.5 Å². The molecule has 0 spiro atoms. The van der Waals surface area contributed by atoms with Crippen LogP contribution in [0.4, 0.5) is 0 Å². The van der Waals surface area contributed by atoms with Gasteiger partial charge in [-0.2, -0.15) is 5.10 Å². The Morgan fingerprint density at radius 3 is 2.82 bits per heavy atom. The summed E-state index contributed by atoms with van der Waals surface area (Å²) < 4.78 is 4.01. The summed E-state index contributed by atoms with van der Waals surface area (Å²) in [7, 11) is 0. The highest BCUT2D eigenvalue weighted by Gasteiger charge is 2.03. The fourth-order valence-corrected chi connectivity index (χ4v) is 1.71. The lowest BCUT2D eigenvalue weighted by molar-refractivity contribution is 0.523. The van der Waals surface area contributed by atoms with Crippen LogP contribution in [0.25, 0.3) is 0 Å². The highest BCUT2D eigenvalue weighted by molar-refractivity contribution is 5.04. The van der Waals surface area contributed by atoms with Crippen LogP contribution in [0.1, 0.15) is 31.3 Å². The third-order valence-corrected chi connectivity index (χ3v) is 2.62. The quantitative estimate of drug-likeness (QED) is 0.844. The van der Waals surface area contributed by atoms with Crippen LogP contribution in [0.3, 0.4) is 0 Å². The molecule has 2 rings (SSSR count). The normalized spacial score (nSPS) is 11.3. The van der Waals surface area contributed by atoms with Gasteiger partial charge in [0.1, 0.15) is 0 Å². The molecule has 17 heavy (non-hydrogen) atoms. The zero-order chi connectivity index (χ0) is 12.3. The Hall–Kier alpha value is -1.62. The van der Waals surface area contributed by atoms with Crippen LogP contribution in [-0.2, 0) is 13.0 Å². The van der Waals surface area contributed by atoms with Crippen molar-refractivity contribution >= 4 is 0 Å². The summed E-state index contributed by atoms with van der Waals surface area (Å²) in [6.45, 7) is 5.64. The summed E-state index contributed by atoms with van der Waals surface area (Å²) in [5, 5.41) is 4.50. The Balaban J connectivity index is 2.03. The summed E-state index contributed by atoms with van der Waals surface area (Å²) >= 11 is 0. The molecule has 0 saturated carbocycles. The molecule has 5 heteroatoms. The first-order valence-electron chi connectivity index (χ1n) is 5.94. The standard InChI is InChI=1S/C12H19N5/c1-10(2)17-6-4-12(15-17)8-16-7-11(3-5-13)14-9-16/h4,6-7,9-10H,3,5,8,13H2,1-2H3. The monoisotopic (exact) mass is 233 g/mol. The lowest BCUT2D eigenvalue weighted by Crippen LogP contribution is -2.04.